The molecule has 0 fully saturated rings. The summed E-state index contributed by atoms with van der Waals surface area (Å²) in [5.74, 6) is -0.593. The zero-order valence-corrected chi connectivity index (χ0v) is 10.7. The molecule has 0 heterocycles. The van der Waals surface area contributed by atoms with Crippen LogP contribution in [0.5, 0.6) is 0 Å². The molecule has 1 rings (SSSR count). The second-order valence-electron chi connectivity index (χ2n) is 4.89. The van der Waals surface area contributed by atoms with Gasteiger partial charge in [-0.1, -0.05) is 6.07 Å². The number of alkyl halides is 3. The van der Waals surface area contributed by atoms with Gasteiger partial charge in [0.2, 0.25) is 0 Å². The molecule has 0 saturated carbocycles. The average molecular weight is 275 g/mol. The predicted molar refractivity (Wildman–Crippen MR) is 64.7 cm³/mol. The number of rotatable bonds is 4. The summed E-state index contributed by atoms with van der Waals surface area (Å²) < 4.78 is 37.6. The van der Waals surface area contributed by atoms with Gasteiger partial charge >= 0.3 is 6.18 Å². The lowest BCUT2D eigenvalue weighted by Crippen LogP contribution is -2.44. The molecule has 0 saturated heterocycles. The Kier molecular flexibility index (Phi) is 4.57. The van der Waals surface area contributed by atoms with E-state index in [1.54, 1.807) is 13.8 Å². The molecule has 0 unspecified atom stereocenters. The summed E-state index contributed by atoms with van der Waals surface area (Å²) in [4.78, 5) is 11.9. The summed E-state index contributed by atoms with van der Waals surface area (Å²) in [5, 5.41) is 11.4. The normalized spacial score (nSPS) is 12.3. The third kappa shape index (κ3) is 4.55. The van der Waals surface area contributed by atoms with Crippen LogP contribution in [0.1, 0.15) is 36.2 Å². The molecule has 6 heteroatoms. The van der Waals surface area contributed by atoms with Crippen molar-refractivity contribution in [3.8, 4) is 0 Å². The number of hydrogen-bond donors (Lipinski definition) is 2. The van der Waals surface area contributed by atoms with Gasteiger partial charge in [-0.3, -0.25) is 4.79 Å². The number of amides is 1. The fraction of sp³-hybridized carbons (Fsp3) is 0.462. The van der Waals surface area contributed by atoms with Crippen LogP contribution in [-0.2, 0) is 6.18 Å². The molecule has 0 bridgehead atoms. The van der Waals surface area contributed by atoms with Crippen molar-refractivity contribution in [3.05, 3.63) is 35.4 Å². The molecule has 0 aliphatic rings. The smallest absolute Gasteiger partial charge is 0.396 e. The topological polar surface area (TPSA) is 49.3 Å². The molecule has 0 aromatic heterocycles. The van der Waals surface area contributed by atoms with Gasteiger partial charge < -0.3 is 10.4 Å². The molecule has 0 spiro atoms. The Bertz CT molecular complexity index is 455. The third-order valence-corrected chi connectivity index (χ3v) is 2.64. The lowest BCUT2D eigenvalue weighted by Gasteiger charge is -2.25. The number of carbonyl (C=O) groups is 1. The summed E-state index contributed by atoms with van der Waals surface area (Å²) >= 11 is 0. The highest BCUT2D eigenvalue weighted by molar-refractivity contribution is 5.94. The molecule has 3 nitrogen and oxygen atoms in total. The van der Waals surface area contributed by atoms with Crippen LogP contribution in [0.25, 0.3) is 0 Å². The minimum absolute atomic E-state index is 0.0548. The zero-order chi connectivity index (χ0) is 14.7. The van der Waals surface area contributed by atoms with Crippen LogP contribution in [0.4, 0.5) is 13.2 Å². The molecule has 0 aliphatic carbocycles. The van der Waals surface area contributed by atoms with Gasteiger partial charge in [-0.25, -0.2) is 0 Å². The monoisotopic (exact) mass is 275 g/mol. The Morgan fingerprint density at radius 1 is 1.32 bits per heavy atom. The molecular formula is C13H16F3NO2. The number of hydrogen-bond acceptors (Lipinski definition) is 2. The summed E-state index contributed by atoms with van der Waals surface area (Å²) in [5.41, 5.74) is -1.60. The number of nitrogens with one attached hydrogen (secondary N) is 1. The van der Waals surface area contributed by atoms with Crippen LogP contribution in [0, 0.1) is 0 Å². The Morgan fingerprint density at radius 3 is 2.47 bits per heavy atom. The first-order valence-corrected chi connectivity index (χ1v) is 5.76. The molecule has 0 atom stereocenters. The number of halogens is 3. The van der Waals surface area contributed by atoms with Crippen LogP contribution in [-0.4, -0.2) is 23.2 Å². The van der Waals surface area contributed by atoms with Crippen molar-refractivity contribution in [1.29, 1.82) is 0 Å². The molecule has 2 N–H and O–H groups in total. The van der Waals surface area contributed by atoms with Gasteiger partial charge in [0.15, 0.2) is 0 Å². The fourth-order valence-corrected chi connectivity index (χ4v) is 1.56. The van der Waals surface area contributed by atoms with E-state index >= 15 is 0 Å². The Labute approximate surface area is 109 Å². The van der Waals surface area contributed by atoms with Gasteiger partial charge in [-0.15, -0.1) is 0 Å². The predicted octanol–water partition coefficient (Wildman–Crippen LogP) is 2.60. The maximum atomic E-state index is 12.5. The van der Waals surface area contributed by atoms with E-state index in [1.165, 1.54) is 12.1 Å². The highest BCUT2D eigenvalue weighted by Gasteiger charge is 2.31. The number of carbonyl (C=O) groups excluding carboxylic acids is 1. The number of benzene rings is 1. The zero-order valence-electron chi connectivity index (χ0n) is 10.7. The van der Waals surface area contributed by atoms with Crippen molar-refractivity contribution in [2.24, 2.45) is 0 Å². The highest BCUT2D eigenvalue weighted by atomic mass is 19.4. The maximum Gasteiger partial charge on any atom is 0.416 e. The quantitative estimate of drug-likeness (QED) is 0.887. The van der Waals surface area contributed by atoms with Crippen molar-refractivity contribution in [3.63, 3.8) is 0 Å². The van der Waals surface area contributed by atoms with Crippen molar-refractivity contribution in [2.45, 2.75) is 32.0 Å². The minimum Gasteiger partial charge on any atom is -0.396 e. The molecule has 106 valence electrons. The first kappa shape index (κ1) is 15.5. The van der Waals surface area contributed by atoms with Crippen LogP contribution < -0.4 is 5.32 Å². The first-order valence-electron chi connectivity index (χ1n) is 5.76. The van der Waals surface area contributed by atoms with Crippen LogP contribution in [0.2, 0.25) is 0 Å². The maximum absolute atomic E-state index is 12.5. The Balaban J connectivity index is 2.89. The molecule has 1 amide bonds. The van der Waals surface area contributed by atoms with E-state index in [1.807, 2.05) is 0 Å². The van der Waals surface area contributed by atoms with E-state index in [4.69, 9.17) is 5.11 Å². The second kappa shape index (κ2) is 5.61. The Hall–Kier alpha value is -1.56. The van der Waals surface area contributed by atoms with E-state index in [2.05, 4.69) is 5.32 Å². The van der Waals surface area contributed by atoms with Crippen molar-refractivity contribution < 1.29 is 23.1 Å². The molecule has 0 aliphatic heterocycles. The number of aliphatic hydroxyl groups is 1. The third-order valence-electron chi connectivity index (χ3n) is 2.64. The van der Waals surface area contributed by atoms with Crippen LogP contribution in [0.15, 0.2) is 24.3 Å². The largest absolute Gasteiger partial charge is 0.416 e. The van der Waals surface area contributed by atoms with E-state index in [-0.39, 0.29) is 12.2 Å². The standard InChI is InChI=1S/C13H16F3NO2/c1-12(2,6-7-18)17-11(19)9-4-3-5-10(8-9)13(14,15)16/h3-5,8,18H,6-7H2,1-2H3,(H,17,19). The summed E-state index contributed by atoms with van der Waals surface area (Å²) in [7, 11) is 0. The van der Waals surface area contributed by atoms with Gasteiger partial charge in [-0.05, 0) is 38.5 Å². The first-order chi connectivity index (χ1) is 8.65. The highest BCUT2D eigenvalue weighted by Crippen LogP contribution is 2.29. The van der Waals surface area contributed by atoms with Crippen molar-refractivity contribution in [1.82, 2.24) is 5.32 Å². The lowest BCUT2D eigenvalue weighted by molar-refractivity contribution is -0.137. The van der Waals surface area contributed by atoms with Gasteiger partial charge in [0, 0.05) is 17.7 Å². The van der Waals surface area contributed by atoms with Gasteiger partial charge in [0.25, 0.3) is 5.91 Å². The van der Waals surface area contributed by atoms with Gasteiger partial charge in [0.05, 0.1) is 5.56 Å². The minimum atomic E-state index is -4.48. The lowest BCUT2D eigenvalue weighted by atomic mass is 10.00. The van der Waals surface area contributed by atoms with E-state index in [9.17, 15) is 18.0 Å². The van der Waals surface area contributed by atoms with E-state index < -0.39 is 23.2 Å². The molecule has 1 aromatic rings. The van der Waals surface area contributed by atoms with E-state index in [0.29, 0.717) is 6.42 Å². The average Bonchev–Trinajstić information content (AvgIpc) is 2.27. The SMILES string of the molecule is CC(C)(CCO)NC(=O)c1cccc(C(F)(F)F)c1. The number of aliphatic hydroxyl groups excluding tert-OH is 1. The van der Waals surface area contributed by atoms with Crippen molar-refractivity contribution >= 4 is 5.91 Å². The Morgan fingerprint density at radius 2 is 1.95 bits per heavy atom. The van der Waals surface area contributed by atoms with Crippen molar-refractivity contribution in [2.75, 3.05) is 6.61 Å². The van der Waals surface area contributed by atoms with Crippen LogP contribution in [0.3, 0.4) is 0 Å². The van der Waals surface area contributed by atoms with Gasteiger partial charge in [0.1, 0.15) is 0 Å². The van der Waals surface area contributed by atoms with Gasteiger partial charge in [-0.2, -0.15) is 13.2 Å². The second-order valence-corrected chi connectivity index (χ2v) is 4.89. The summed E-state index contributed by atoms with van der Waals surface area (Å²) in [6, 6.07) is 4.23. The van der Waals surface area contributed by atoms with Crippen LogP contribution >= 0.6 is 0 Å². The molecule has 0 radical (unpaired) electrons. The molecule has 19 heavy (non-hydrogen) atoms. The molecule has 1 aromatic carbocycles. The summed E-state index contributed by atoms with van der Waals surface area (Å²) in [6.07, 6.45) is -4.16. The fourth-order valence-electron chi connectivity index (χ4n) is 1.56. The molecular weight excluding hydrogens is 259 g/mol. The summed E-state index contributed by atoms with van der Waals surface area (Å²) in [6.45, 7) is 3.26. The van der Waals surface area contributed by atoms with E-state index in [0.717, 1.165) is 12.1 Å².